The summed E-state index contributed by atoms with van der Waals surface area (Å²) in [5.74, 6) is -0.411. The topological polar surface area (TPSA) is 130 Å². The summed E-state index contributed by atoms with van der Waals surface area (Å²) < 4.78 is 49.9. The predicted octanol–water partition coefficient (Wildman–Crippen LogP) is 2.59. The molecule has 1 fully saturated rings. The van der Waals surface area contributed by atoms with Crippen LogP contribution in [0, 0.1) is 5.92 Å². The molecule has 9 nitrogen and oxygen atoms in total. The van der Waals surface area contributed by atoms with Crippen LogP contribution in [-0.4, -0.2) is 59.0 Å². The van der Waals surface area contributed by atoms with Crippen molar-refractivity contribution in [2.75, 3.05) is 35.0 Å². The van der Waals surface area contributed by atoms with E-state index >= 15 is 0 Å². The van der Waals surface area contributed by atoms with Crippen molar-refractivity contribution >= 4 is 55.5 Å². The number of hydrogen-bond acceptors (Lipinski definition) is 6. The molecule has 1 amide bonds. The van der Waals surface area contributed by atoms with E-state index in [4.69, 9.17) is 0 Å². The summed E-state index contributed by atoms with van der Waals surface area (Å²) in [5.41, 5.74) is 1.72. The van der Waals surface area contributed by atoms with Gasteiger partial charge in [0.25, 0.3) is 5.91 Å². The zero-order valence-corrected chi connectivity index (χ0v) is 20.6. The molecule has 1 heterocycles. The van der Waals surface area contributed by atoms with E-state index in [0.29, 0.717) is 48.4 Å². The minimum Gasteiger partial charge on any atom is -0.339 e. The van der Waals surface area contributed by atoms with Crippen molar-refractivity contribution in [1.29, 1.82) is 0 Å². The van der Waals surface area contributed by atoms with Crippen molar-refractivity contribution in [3.8, 4) is 0 Å². The summed E-state index contributed by atoms with van der Waals surface area (Å²) in [5, 5.41) is 0. The van der Waals surface area contributed by atoms with Crippen LogP contribution in [0.15, 0.2) is 48.5 Å². The zero-order chi connectivity index (χ0) is 23.5. The molecule has 2 aromatic carbocycles. The van der Waals surface area contributed by atoms with Gasteiger partial charge in [0.2, 0.25) is 20.0 Å². The number of benzene rings is 2. The minimum atomic E-state index is -3.39. The molecule has 0 aliphatic carbocycles. The lowest BCUT2D eigenvalue weighted by Crippen LogP contribution is -2.40. The number of sulfonamides is 2. The van der Waals surface area contributed by atoms with Crippen LogP contribution in [0.25, 0.3) is 0 Å². The predicted molar refractivity (Wildman–Crippen MR) is 130 cm³/mol. The fourth-order valence-electron chi connectivity index (χ4n) is 3.57. The van der Waals surface area contributed by atoms with E-state index in [1.165, 1.54) is 12.1 Å². The second-order valence-electron chi connectivity index (χ2n) is 7.83. The lowest BCUT2D eigenvalue weighted by molar-refractivity contribution is 0.0650. The fraction of sp³-hybridized carbons (Fsp3) is 0.333. The normalized spacial score (nSPS) is 14.8. The summed E-state index contributed by atoms with van der Waals surface area (Å²) >= 11 is 0. The Hall–Kier alpha value is -2.63. The summed E-state index contributed by atoms with van der Waals surface area (Å²) in [6.07, 6.45) is 3.17. The van der Waals surface area contributed by atoms with E-state index in [0.717, 1.165) is 12.5 Å². The molecule has 0 radical (unpaired) electrons. The minimum absolute atomic E-state index is 0. The molecule has 12 heteroatoms. The number of carbonyl (C=O) groups excluding carboxylic acids is 2. The molecule has 33 heavy (non-hydrogen) atoms. The Kier molecular flexibility index (Phi) is 8.50. The Bertz CT molecular complexity index is 1110. The van der Waals surface area contributed by atoms with Gasteiger partial charge in [0.1, 0.15) is 0 Å². The van der Waals surface area contributed by atoms with Gasteiger partial charge in [-0.3, -0.25) is 19.0 Å². The molecule has 0 spiro atoms. The number of piperidine rings is 1. The quantitative estimate of drug-likeness (QED) is 0.545. The highest BCUT2D eigenvalue weighted by Crippen LogP contribution is 2.24. The van der Waals surface area contributed by atoms with Crippen molar-refractivity contribution in [2.45, 2.75) is 12.8 Å². The average Bonchev–Trinajstić information content (AvgIpc) is 2.72. The van der Waals surface area contributed by atoms with Crippen LogP contribution in [0.5, 0.6) is 0 Å². The summed E-state index contributed by atoms with van der Waals surface area (Å²) in [6, 6.07) is 12.5. The highest BCUT2D eigenvalue weighted by Gasteiger charge is 2.28. The van der Waals surface area contributed by atoms with Crippen molar-refractivity contribution in [1.82, 2.24) is 4.90 Å². The van der Waals surface area contributed by atoms with Gasteiger partial charge in [-0.05, 0) is 61.4 Å². The number of amides is 1. The largest absolute Gasteiger partial charge is 0.339 e. The first-order valence-electron chi connectivity index (χ1n) is 9.90. The Morgan fingerprint density at radius 1 is 0.758 bits per heavy atom. The first-order valence-corrected chi connectivity index (χ1v) is 13.7. The average molecular weight is 516 g/mol. The van der Waals surface area contributed by atoms with Crippen molar-refractivity contribution < 1.29 is 26.4 Å². The number of nitrogens with one attached hydrogen (secondary N) is 2. The maximum atomic E-state index is 12.8. The molecule has 1 saturated heterocycles. The monoisotopic (exact) mass is 515 g/mol. The Morgan fingerprint density at radius 3 is 1.55 bits per heavy atom. The Labute approximate surface area is 200 Å². The second kappa shape index (κ2) is 10.5. The first kappa shape index (κ1) is 26.6. The summed E-state index contributed by atoms with van der Waals surface area (Å²) in [7, 11) is -6.77. The number of nitrogens with zero attached hydrogens (tertiary/aromatic N) is 1. The van der Waals surface area contributed by atoms with Crippen LogP contribution in [0.1, 0.15) is 33.6 Å². The van der Waals surface area contributed by atoms with Gasteiger partial charge in [0.15, 0.2) is 5.78 Å². The molecule has 2 N–H and O–H groups in total. The van der Waals surface area contributed by atoms with Crippen LogP contribution in [-0.2, 0) is 20.0 Å². The number of halogens is 1. The Morgan fingerprint density at radius 2 is 1.15 bits per heavy atom. The van der Waals surface area contributed by atoms with Crippen molar-refractivity contribution in [2.24, 2.45) is 5.92 Å². The standard InChI is InChI=1S/C21H25N3O6S2.ClH/c1-31(27,28)22-18-7-3-15(4-8-18)20(25)16-11-13-24(14-12-16)21(26)17-5-9-19(10-6-17)23-32(2,29)30;/h3-10,16,22-23H,11-14H2,1-2H3;1H. The van der Waals surface area contributed by atoms with Gasteiger partial charge in [0, 0.05) is 41.5 Å². The van der Waals surface area contributed by atoms with Crippen LogP contribution >= 0.6 is 12.4 Å². The van der Waals surface area contributed by atoms with Gasteiger partial charge in [-0.2, -0.15) is 0 Å². The van der Waals surface area contributed by atoms with Gasteiger partial charge >= 0.3 is 0 Å². The molecule has 2 aromatic rings. The maximum absolute atomic E-state index is 12.8. The van der Waals surface area contributed by atoms with Gasteiger partial charge in [-0.15, -0.1) is 12.4 Å². The van der Waals surface area contributed by atoms with E-state index < -0.39 is 20.0 Å². The number of rotatable bonds is 7. The third-order valence-electron chi connectivity index (χ3n) is 5.06. The molecule has 0 saturated carbocycles. The number of Topliss-reactive ketones (excluding diaryl/α,β-unsaturated/α-hetero) is 1. The van der Waals surface area contributed by atoms with Crippen molar-refractivity contribution in [3.05, 3.63) is 59.7 Å². The van der Waals surface area contributed by atoms with E-state index in [-0.39, 0.29) is 30.0 Å². The van der Waals surface area contributed by atoms with Crippen LogP contribution in [0.2, 0.25) is 0 Å². The molecule has 0 unspecified atom stereocenters. The SMILES string of the molecule is CS(=O)(=O)Nc1ccc(C(=O)C2CCN(C(=O)c3ccc(NS(C)(=O)=O)cc3)CC2)cc1.Cl. The maximum Gasteiger partial charge on any atom is 0.253 e. The van der Waals surface area contributed by atoms with Gasteiger partial charge < -0.3 is 4.90 Å². The third kappa shape index (κ3) is 7.72. The summed E-state index contributed by atoms with van der Waals surface area (Å²) in [4.78, 5) is 27.2. The molecule has 3 rings (SSSR count). The zero-order valence-electron chi connectivity index (χ0n) is 18.1. The van der Waals surface area contributed by atoms with E-state index in [1.54, 1.807) is 41.3 Å². The van der Waals surface area contributed by atoms with Crippen LogP contribution in [0.3, 0.4) is 0 Å². The smallest absolute Gasteiger partial charge is 0.253 e. The van der Waals surface area contributed by atoms with Crippen LogP contribution in [0.4, 0.5) is 11.4 Å². The van der Waals surface area contributed by atoms with Gasteiger partial charge in [-0.25, -0.2) is 16.8 Å². The molecular weight excluding hydrogens is 490 g/mol. The molecule has 180 valence electrons. The fourth-order valence-corrected chi connectivity index (χ4v) is 4.70. The molecular formula is C21H26ClN3O6S2. The lowest BCUT2D eigenvalue weighted by Gasteiger charge is -2.31. The van der Waals surface area contributed by atoms with E-state index in [1.807, 2.05) is 0 Å². The number of carbonyl (C=O) groups is 2. The molecule has 1 aliphatic heterocycles. The highest BCUT2D eigenvalue weighted by molar-refractivity contribution is 7.92. The number of ketones is 1. The van der Waals surface area contributed by atoms with E-state index in [2.05, 4.69) is 9.44 Å². The Balaban J connectivity index is 0.00000385. The molecule has 1 aliphatic rings. The first-order chi connectivity index (χ1) is 14.9. The number of hydrogen-bond donors (Lipinski definition) is 2. The third-order valence-corrected chi connectivity index (χ3v) is 6.27. The van der Waals surface area contributed by atoms with Crippen LogP contribution < -0.4 is 9.44 Å². The molecule has 0 aromatic heterocycles. The lowest BCUT2D eigenvalue weighted by atomic mass is 9.88. The van der Waals surface area contributed by atoms with Gasteiger partial charge in [0.05, 0.1) is 12.5 Å². The molecule has 0 bridgehead atoms. The second-order valence-corrected chi connectivity index (χ2v) is 11.3. The van der Waals surface area contributed by atoms with Crippen molar-refractivity contribution in [3.63, 3.8) is 0 Å². The van der Waals surface area contributed by atoms with E-state index in [9.17, 15) is 26.4 Å². The highest BCUT2D eigenvalue weighted by atomic mass is 35.5. The number of likely N-dealkylation sites (tertiary alicyclic amines) is 1. The summed E-state index contributed by atoms with van der Waals surface area (Å²) in [6.45, 7) is 0.874. The number of anilines is 2. The van der Waals surface area contributed by atoms with Gasteiger partial charge in [-0.1, -0.05) is 0 Å². The molecule has 0 atom stereocenters.